The third-order valence-corrected chi connectivity index (χ3v) is 5.00. The van der Waals surface area contributed by atoms with E-state index in [1.807, 2.05) is 26.1 Å². The SMILES string of the molecule is Cc1ccc(-c2cnc3n2CCN(C(=O)Nc2ccc(Cl)cc2)C3)c(C)n1. The van der Waals surface area contributed by atoms with Crippen molar-refractivity contribution in [1.29, 1.82) is 0 Å². The van der Waals surface area contributed by atoms with E-state index in [9.17, 15) is 4.79 Å². The van der Waals surface area contributed by atoms with Gasteiger partial charge in [0.15, 0.2) is 0 Å². The standard InChI is InChI=1S/C20H20ClN5O/c1-13-3-8-17(14(2)23-13)18-11-22-19-12-25(9-10-26(18)19)20(27)24-16-6-4-15(21)5-7-16/h3-8,11H,9-10,12H2,1-2H3,(H,24,27). The van der Waals surface area contributed by atoms with Crippen LogP contribution in [0, 0.1) is 13.8 Å². The number of pyridine rings is 1. The molecule has 7 heteroatoms. The van der Waals surface area contributed by atoms with Crippen molar-refractivity contribution in [3.63, 3.8) is 0 Å². The summed E-state index contributed by atoms with van der Waals surface area (Å²) in [5.41, 5.74) is 4.84. The number of nitrogens with one attached hydrogen (secondary N) is 1. The summed E-state index contributed by atoms with van der Waals surface area (Å²) in [5, 5.41) is 3.54. The van der Waals surface area contributed by atoms with Crippen LogP contribution in [0.4, 0.5) is 10.5 Å². The molecule has 1 aliphatic heterocycles. The van der Waals surface area contributed by atoms with Crippen molar-refractivity contribution in [2.24, 2.45) is 0 Å². The first-order chi connectivity index (χ1) is 13.0. The van der Waals surface area contributed by atoms with Gasteiger partial charge in [0, 0.05) is 40.8 Å². The molecule has 1 N–H and O–H groups in total. The van der Waals surface area contributed by atoms with Crippen molar-refractivity contribution in [1.82, 2.24) is 19.4 Å². The molecule has 27 heavy (non-hydrogen) atoms. The second-order valence-electron chi connectivity index (χ2n) is 6.66. The van der Waals surface area contributed by atoms with Gasteiger partial charge in [-0.25, -0.2) is 9.78 Å². The smallest absolute Gasteiger partial charge is 0.322 e. The second-order valence-corrected chi connectivity index (χ2v) is 7.09. The minimum absolute atomic E-state index is 0.138. The van der Waals surface area contributed by atoms with Crippen molar-refractivity contribution < 1.29 is 4.79 Å². The number of rotatable bonds is 2. The van der Waals surface area contributed by atoms with Crippen LogP contribution in [-0.2, 0) is 13.1 Å². The lowest BCUT2D eigenvalue weighted by Crippen LogP contribution is -2.41. The molecule has 0 fully saturated rings. The number of aryl methyl sites for hydroxylation is 2. The molecule has 0 bridgehead atoms. The molecule has 2 aromatic heterocycles. The van der Waals surface area contributed by atoms with E-state index in [0.717, 1.165) is 34.2 Å². The minimum atomic E-state index is -0.138. The van der Waals surface area contributed by atoms with Crippen LogP contribution in [0.2, 0.25) is 5.02 Å². The number of benzene rings is 1. The Hall–Kier alpha value is -2.86. The van der Waals surface area contributed by atoms with Gasteiger partial charge in [-0.05, 0) is 50.2 Å². The number of imidazole rings is 1. The summed E-state index contributed by atoms with van der Waals surface area (Å²) in [6.07, 6.45) is 1.87. The molecule has 4 rings (SSSR count). The normalized spacial score (nSPS) is 13.4. The van der Waals surface area contributed by atoms with Gasteiger partial charge < -0.3 is 14.8 Å². The molecule has 3 aromatic rings. The zero-order valence-electron chi connectivity index (χ0n) is 15.2. The Balaban J connectivity index is 1.52. The Labute approximate surface area is 162 Å². The van der Waals surface area contributed by atoms with E-state index in [1.54, 1.807) is 29.2 Å². The number of anilines is 1. The highest BCUT2D eigenvalue weighted by atomic mass is 35.5. The number of urea groups is 1. The predicted molar refractivity (Wildman–Crippen MR) is 106 cm³/mol. The maximum atomic E-state index is 12.6. The van der Waals surface area contributed by atoms with Crippen molar-refractivity contribution in [2.75, 3.05) is 11.9 Å². The molecule has 2 amide bonds. The first kappa shape index (κ1) is 17.5. The third-order valence-electron chi connectivity index (χ3n) is 4.75. The number of halogens is 1. The van der Waals surface area contributed by atoms with Crippen LogP contribution in [0.3, 0.4) is 0 Å². The largest absolute Gasteiger partial charge is 0.325 e. The summed E-state index contributed by atoms with van der Waals surface area (Å²) < 4.78 is 2.17. The molecular formula is C20H20ClN5O. The van der Waals surface area contributed by atoms with E-state index in [4.69, 9.17) is 11.6 Å². The van der Waals surface area contributed by atoms with E-state index in [-0.39, 0.29) is 6.03 Å². The van der Waals surface area contributed by atoms with Gasteiger partial charge in [-0.2, -0.15) is 0 Å². The lowest BCUT2D eigenvalue weighted by Gasteiger charge is -2.29. The van der Waals surface area contributed by atoms with E-state index >= 15 is 0 Å². The number of hydrogen-bond acceptors (Lipinski definition) is 3. The van der Waals surface area contributed by atoms with Gasteiger partial charge in [0.2, 0.25) is 0 Å². The number of fused-ring (bicyclic) bond motifs is 1. The van der Waals surface area contributed by atoms with Gasteiger partial charge in [0.25, 0.3) is 0 Å². The Kier molecular flexibility index (Phi) is 4.58. The minimum Gasteiger partial charge on any atom is -0.325 e. The molecule has 0 saturated carbocycles. The fourth-order valence-electron chi connectivity index (χ4n) is 3.34. The molecular weight excluding hydrogens is 362 g/mol. The molecule has 0 radical (unpaired) electrons. The number of carbonyl (C=O) groups excluding carboxylic acids is 1. The highest BCUT2D eigenvalue weighted by Gasteiger charge is 2.24. The zero-order chi connectivity index (χ0) is 19.0. The van der Waals surface area contributed by atoms with Gasteiger partial charge in [-0.15, -0.1) is 0 Å². The first-order valence-electron chi connectivity index (χ1n) is 8.82. The van der Waals surface area contributed by atoms with Crippen LogP contribution in [0.1, 0.15) is 17.2 Å². The number of hydrogen-bond donors (Lipinski definition) is 1. The maximum absolute atomic E-state index is 12.6. The van der Waals surface area contributed by atoms with Crippen LogP contribution in [0.15, 0.2) is 42.6 Å². The van der Waals surface area contributed by atoms with Crippen LogP contribution in [-0.4, -0.2) is 32.0 Å². The van der Waals surface area contributed by atoms with Gasteiger partial charge in [-0.1, -0.05) is 11.6 Å². The average molecular weight is 382 g/mol. The first-order valence-corrected chi connectivity index (χ1v) is 9.19. The zero-order valence-corrected chi connectivity index (χ0v) is 16.0. The number of amides is 2. The molecule has 3 heterocycles. The van der Waals surface area contributed by atoms with Gasteiger partial charge in [-0.3, -0.25) is 4.98 Å². The molecule has 138 valence electrons. The van der Waals surface area contributed by atoms with Crippen molar-refractivity contribution >= 4 is 23.3 Å². The van der Waals surface area contributed by atoms with Crippen molar-refractivity contribution in [3.05, 3.63) is 64.8 Å². The Morgan fingerprint density at radius 1 is 1.11 bits per heavy atom. The number of aromatic nitrogens is 3. The second kappa shape index (κ2) is 7.04. The topological polar surface area (TPSA) is 63.1 Å². The average Bonchev–Trinajstić information content (AvgIpc) is 3.06. The fraction of sp³-hybridized carbons (Fsp3) is 0.250. The fourth-order valence-corrected chi connectivity index (χ4v) is 3.47. The number of nitrogens with zero attached hydrogens (tertiary/aromatic N) is 4. The van der Waals surface area contributed by atoms with Crippen molar-refractivity contribution in [2.45, 2.75) is 26.9 Å². The van der Waals surface area contributed by atoms with E-state index in [1.165, 1.54) is 0 Å². The summed E-state index contributed by atoms with van der Waals surface area (Å²) in [4.78, 5) is 23.4. The molecule has 0 atom stereocenters. The van der Waals surface area contributed by atoms with E-state index < -0.39 is 0 Å². The third kappa shape index (κ3) is 3.53. The van der Waals surface area contributed by atoms with Crippen molar-refractivity contribution in [3.8, 4) is 11.3 Å². The molecule has 0 saturated heterocycles. The maximum Gasteiger partial charge on any atom is 0.322 e. The summed E-state index contributed by atoms with van der Waals surface area (Å²) in [6.45, 7) is 5.79. The van der Waals surface area contributed by atoms with Crippen LogP contribution < -0.4 is 5.32 Å². The monoisotopic (exact) mass is 381 g/mol. The molecule has 1 aliphatic rings. The highest BCUT2D eigenvalue weighted by molar-refractivity contribution is 6.30. The van der Waals surface area contributed by atoms with Crippen LogP contribution >= 0.6 is 11.6 Å². The Morgan fingerprint density at radius 2 is 1.89 bits per heavy atom. The highest BCUT2D eigenvalue weighted by Crippen LogP contribution is 2.26. The van der Waals surface area contributed by atoms with Gasteiger partial charge in [0.05, 0.1) is 18.4 Å². The summed E-state index contributed by atoms with van der Waals surface area (Å²) in [7, 11) is 0. The van der Waals surface area contributed by atoms with E-state index in [0.29, 0.717) is 24.7 Å². The van der Waals surface area contributed by atoms with Crippen LogP contribution in [0.25, 0.3) is 11.3 Å². The summed E-state index contributed by atoms with van der Waals surface area (Å²) in [6, 6.07) is 11.0. The summed E-state index contributed by atoms with van der Waals surface area (Å²) in [5.74, 6) is 0.877. The lowest BCUT2D eigenvalue weighted by atomic mass is 10.1. The molecule has 6 nitrogen and oxygen atoms in total. The van der Waals surface area contributed by atoms with E-state index in [2.05, 4.69) is 25.9 Å². The Morgan fingerprint density at radius 3 is 2.63 bits per heavy atom. The molecule has 0 spiro atoms. The van der Waals surface area contributed by atoms with Gasteiger partial charge >= 0.3 is 6.03 Å². The predicted octanol–water partition coefficient (Wildman–Crippen LogP) is 4.26. The molecule has 0 unspecified atom stereocenters. The number of carbonyl (C=O) groups is 1. The lowest BCUT2D eigenvalue weighted by molar-refractivity contribution is 0.196. The summed E-state index contributed by atoms with van der Waals surface area (Å²) >= 11 is 5.89. The molecule has 0 aliphatic carbocycles. The molecule has 1 aromatic carbocycles. The van der Waals surface area contributed by atoms with Crippen LogP contribution in [0.5, 0.6) is 0 Å². The Bertz CT molecular complexity index is 996. The quantitative estimate of drug-likeness (QED) is 0.721. The van der Waals surface area contributed by atoms with Gasteiger partial charge in [0.1, 0.15) is 5.82 Å².